The molecule has 3 unspecified atom stereocenters. The molecule has 3 heteroatoms. The maximum Gasteiger partial charge on any atom is 0.0952 e. The molecule has 3 atom stereocenters. The van der Waals surface area contributed by atoms with Gasteiger partial charge in [0.25, 0.3) is 0 Å². The van der Waals surface area contributed by atoms with Crippen LogP contribution in [0.1, 0.15) is 24.8 Å². The van der Waals surface area contributed by atoms with Crippen molar-refractivity contribution in [2.75, 3.05) is 0 Å². The zero-order valence-corrected chi connectivity index (χ0v) is 14.8. The first-order valence-electron chi connectivity index (χ1n) is 9.34. The van der Waals surface area contributed by atoms with Gasteiger partial charge in [-0.2, -0.15) is 0 Å². The first-order valence-corrected chi connectivity index (χ1v) is 9.34. The number of hydrogen-bond acceptors (Lipinski definition) is 3. The summed E-state index contributed by atoms with van der Waals surface area (Å²) in [6.45, 7) is 0.506. The number of nitrogens with two attached hydrogens (primary N) is 1. The van der Waals surface area contributed by atoms with Crippen LogP contribution in [0.5, 0.6) is 0 Å². The molecule has 0 aliphatic heterocycles. The fourth-order valence-corrected chi connectivity index (χ4v) is 3.72. The van der Waals surface area contributed by atoms with E-state index >= 15 is 0 Å². The Morgan fingerprint density at radius 1 is 0.885 bits per heavy atom. The Bertz CT molecular complexity index is 875. The molecule has 3 N–H and O–H groups in total. The van der Waals surface area contributed by atoms with E-state index in [9.17, 15) is 5.11 Å². The van der Waals surface area contributed by atoms with Crippen LogP contribution in [0.2, 0.25) is 0 Å². The summed E-state index contributed by atoms with van der Waals surface area (Å²) >= 11 is 0. The van der Waals surface area contributed by atoms with Gasteiger partial charge in [-0.15, -0.1) is 0 Å². The van der Waals surface area contributed by atoms with Gasteiger partial charge in [-0.1, -0.05) is 60.7 Å². The minimum absolute atomic E-state index is 0.154. The monoisotopic (exact) mass is 347 g/mol. The molecule has 3 aromatic carbocycles. The molecule has 1 fully saturated rings. The van der Waals surface area contributed by atoms with E-state index in [1.54, 1.807) is 0 Å². The lowest BCUT2D eigenvalue weighted by atomic mass is 9.90. The highest BCUT2D eigenvalue weighted by atomic mass is 16.5. The molecule has 3 aromatic rings. The Labute approximate surface area is 154 Å². The van der Waals surface area contributed by atoms with Gasteiger partial charge in [0, 0.05) is 6.04 Å². The van der Waals surface area contributed by atoms with Crippen molar-refractivity contribution in [3.05, 3.63) is 72.3 Å². The zero-order valence-electron chi connectivity index (χ0n) is 14.8. The van der Waals surface area contributed by atoms with Crippen molar-refractivity contribution in [1.29, 1.82) is 0 Å². The Hall–Kier alpha value is -2.20. The molecule has 0 amide bonds. The summed E-state index contributed by atoms with van der Waals surface area (Å²) in [4.78, 5) is 0. The number of ether oxygens (including phenoxy) is 1. The van der Waals surface area contributed by atoms with Crippen molar-refractivity contribution < 1.29 is 9.84 Å². The molecule has 4 rings (SSSR count). The van der Waals surface area contributed by atoms with E-state index in [2.05, 4.69) is 66.7 Å². The number of hydrogen-bond donors (Lipinski definition) is 2. The molecule has 0 aromatic heterocycles. The first kappa shape index (κ1) is 17.2. The summed E-state index contributed by atoms with van der Waals surface area (Å²) in [5, 5.41) is 12.6. The number of fused-ring (bicyclic) bond motifs is 1. The summed E-state index contributed by atoms with van der Waals surface area (Å²) in [6, 6.07) is 23.2. The van der Waals surface area contributed by atoms with Gasteiger partial charge in [-0.3, -0.25) is 0 Å². The van der Waals surface area contributed by atoms with E-state index in [-0.39, 0.29) is 12.1 Å². The Kier molecular flexibility index (Phi) is 5.02. The topological polar surface area (TPSA) is 55.5 Å². The Morgan fingerprint density at radius 3 is 2.42 bits per heavy atom. The van der Waals surface area contributed by atoms with Crippen molar-refractivity contribution in [3.63, 3.8) is 0 Å². The molecule has 0 bridgehead atoms. The molecule has 0 saturated heterocycles. The van der Waals surface area contributed by atoms with Crippen LogP contribution in [-0.4, -0.2) is 23.4 Å². The first-order chi connectivity index (χ1) is 12.7. The predicted octanol–water partition coefficient (Wildman–Crippen LogP) is 4.26. The summed E-state index contributed by atoms with van der Waals surface area (Å²) < 4.78 is 5.92. The predicted molar refractivity (Wildman–Crippen MR) is 106 cm³/mol. The van der Waals surface area contributed by atoms with Crippen LogP contribution >= 0.6 is 0 Å². The lowest BCUT2D eigenvalue weighted by Crippen LogP contribution is -2.47. The van der Waals surface area contributed by atoms with Crippen LogP contribution in [0.25, 0.3) is 21.9 Å². The van der Waals surface area contributed by atoms with E-state index in [0.717, 1.165) is 24.8 Å². The van der Waals surface area contributed by atoms with Gasteiger partial charge in [0.2, 0.25) is 0 Å². The zero-order chi connectivity index (χ0) is 17.9. The van der Waals surface area contributed by atoms with Crippen molar-refractivity contribution in [1.82, 2.24) is 0 Å². The smallest absolute Gasteiger partial charge is 0.0952 e. The SMILES string of the molecule is NC1CCCC(OCc2ccc(-c3ccc4ccccc4c3)cc2)C1O. The molecule has 1 aliphatic carbocycles. The Balaban J connectivity index is 1.44. The molecule has 134 valence electrons. The van der Waals surface area contributed by atoms with E-state index < -0.39 is 6.10 Å². The van der Waals surface area contributed by atoms with Crippen molar-refractivity contribution >= 4 is 10.8 Å². The highest BCUT2D eigenvalue weighted by molar-refractivity contribution is 5.87. The second-order valence-electron chi connectivity index (χ2n) is 7.19. The van der Waals surface area contributed by atoms with Gasteiger partial charge in [0.1, 0.15) is 0 Å². The van der Waals surface area contributed by atoms with Gasteiger partial charge in [0.05, 0.1) is 18.8 Å². The highest BCUT2D eigenvalue weighted by Gasteiger charge is 2.29. The maximum atomic E-state index is 10.1. The minimum Gasteiger partial charge on any atom is -0.389 e. The number of aliphatic hydroxyl groups is 1. The fraction of sp³-hybridized carbons (Fsp3) is 0.304. The number of aliphatic hydroxyl groups excluding tert-OH is 1. The van der Waals surface area contributed by atoms with Gasteiger partial charge >= 0.3 is 0 Å². The van der Waals surface area contributed by atoms with Crippen LogP contribution in [-0.2, 0) is 11.3 Å². The van der Waals surface area contributed by atoms with Crippen LogP contribution in [0.15, 0.2) is 66.7 Å². The van der Waals surface area contributed by atoms with E-state index in [1.807, 2.05) is 0 Å². The van der Waals surface area contributed by atoms with E-state index in [0.29, 0.717) is 6.61 Å². The molecule has 0 spiro atoms. The molecule has 1 saturated carbocycles. The van der Waals surface area contributed by atoms with Crippen LogP contribution < -0.4 is 5.73 Å². The molecular weight excluding hydrogens is 322 g/mol. The number of rotatable bonds is 4. The second-order valence-corrected chi connectivity index (χ2v) is 7.19. The third-order valence-electron chi connectivity index (χ3n) is 5.35. The lowest BCUT2D eigenvalue weighted by molar-refractivity contribution is -0.0740. The van der Waals surface area contributed by atoms with Crippen molar-refractivity contribution in [3.8, 4) is 11.1 Å². The number of benzene rings is 3. The second kappa shape index (κ2) is 7.58. The molecule has 1 aliphatic rings. The average molecular weight is 347 g/mol. The van der Waals surface area contributed by atoms with Crippen molar-refractivity contribution in [2.24, 2.45) is 5.73 Å². The minimum atomic E-state index is -0.555. The third-order valence-corrected chi connectivity index (χ3v) is 5.35. The highest BCUT2D eigenvalue weighted by Crippen LogP contribution is 2.26. The molecule has 26 heavy (non-hydrogen) atoms. The normalized spacial score (nSPS) is 23.2. The van der Waals surface area contributed by atoms with Gasteiger partial charge in [0.15, 0.2) is 0 Å². The quantitative estimate of drug-likeness (QED) is 0.741. The average Bonchev–Trinajstić information content (AvgIpc) is 2.69. The van der Waals surface area contributed by atoms with Gasteiger partial charge < -0.3 is 15.6 Å². The summed E-state index contributed by atoms with van der Waals surface area (Å²) in [5.41, 5.74) is 9.45. The molecular formula is C23H25NO2. The Morgan fingerprint density at radius 2 is 1.62 bits per heavy atom. The third kappa shape index (κ3) is 3.65. The maximum absolute atomic E-state index is 10.1. The van der Waals surface area contributed by atoms with E-state index in [4.69, 9.17) is 10.5 Å². The van der Waals surface area contributed by atoms with Crippen LogP contribution in [0, 0.1) is 0 Å². The summed E-state index contributed by atoms with van der Waals surface area (Å²) in [7, 11) is 0. The van der Waals surface area contributed by atoms with Gasteiger partial charge in [-0.05, 0) is 52.8 Å². The largest absolute Gasteiger partial charge is 0.389 e. The fourth-order valence-electron chi connectivity index (χ4n) is 3.72. The lowest BCUT2D eigenvalue weighted by Gasteiger charge is -2.32. The summed E-state index contributed by atoms with van der Waals surface area (Å²) in [6.07, 6.45) is 2.06. The van der Waals surface area contributed by atoms with E-state index in [1.165, 1.54) is 21.9 Å². The molecule has 0 heterocycles. The molecule has 0 radical (unpaired) electrons. The van der Waals surface area contributed by atoms with Gasteiger partial charge in [-0.25, -0.2) is 0 Å². The van der Waals surface area contributed by atoms with Crippen molar-refractivity contribution in [2.45, 2.75) is 44.1 Å². The summed E-state index contributed by atoms with van der Waals surface area (Å²) in [5.74, 6) is 0. The van der Waals surface area contributed by atoms with Crippen LogP contribution in [0.4, 0.5) is 0 Å². The standard InChI is InChI=1S/C23H25NO2/c24-21-6-3-7-22(23(21)25)26-15-16-8-10-18(11-9-16)20-13-12-17-4-1-2-5-19(17)14-20/h1-2,4-5,8-14,21-23,25H,3,6-7,15,24H2. The van der Waals surface area contributed by atoms with Crippen LogP contribution in [0.3, 0.4) is 0 Å². The molecule has 3 nitrogen and oxygen atoms in total.